The Balaban J connectivity index is 1.43. The number of likely N-dealkylation sites (tertiary alicyclic amines) is 1. The highest BCUT2D eigenvalue weighted by Gasteiger charge is 2.30. The summed E-state index contributed by atoms with van der Waals surface area (Å²) in [5.74, 6) is -0.00302. The molecule has 1 aliphatic heterocycles. The molecular formula is C18H22N6O2. The highest BCUT2D eigenvalue weighted by atomic mass is 16.2. The lowest BCUT2D eigenvalue weighted by molar-refractivity contribution is 0.0788. The summed E-state index contributed by atoms with van der Waals surface area (Å²) < 4.78 is 0. The molecule has 0 atom stereocenters. The molecule has 0 bridgehead atoms. The molecule has 2 aromatic rings. The van der Waals surface area contributed by atoms with E-state index >= 15 is 0 Å². The lowest BCUT2D eigenvalue weighted by Gasteiger charge is -2.24. The minimum absolute atomic E-state index is 0.0945. The van der Waals surface area contributed by atoms with Crippen LogP contribution >= 0.6 is 0 Å². The van der Waals surface area contributed by atoms with E-state index in [9.17, 15) is 9.59 Å². The van der Waals surface area contributed by atoms with Gasteiger partial charge < -0.3 is 9.80 Å². The van der Waals surface area contributed by atoms with Crippen molar-refractivity contribution in [3.63, 3.8) is 0 Å². The zero-order valence-corrected chi connectivity index (χ0v) is 14.7. The van der Waals surface area contributed by atoms with Gasteiger partial charge in [-0.1, -0.05) is 24.3 Å². The van der Waals surface area contributed by atoms with Crippen molar-refractivity contribution in [1.82, 2.24) is 25.2 Å². The predicted octanol–water partition coefficient (Wildman–Crippen LogP) is 1.67. The van der Waals surface area contributed by atoms with Gasteiger partial charge in [-0.25, -0.2) is 4.79 Å². The van der Waals surface area contributed by atoms with Crippen LogP contribution in [0.3, 0.4) is 0 Å². The van der Waals surface area contributed by atoms with Crippen LogP contribution in [0, 0.1) is 0 Å². The molecule has 1 fully saturated rings. The highest BCUT2D eigenvalue weighted by Crippen LogP contribution is 2.25. The van der Waals surface area contributed by atoms with Crippen molar-refractivity contribution in [1.29, 1.82) is 0 Å². The maximum Gasteiger partial charge on any atom is 0.323 e. The van der Waals surface area contributed by atoms with Crippen LogP contribution in [0.4, 0.5) is 10.6 Å². The second kappa shape index (κ2) is 6.78. The molecule has 2 aliphatic rings. The molecule has 1 aromatic carbocycles. The Morgan fingerprint density at radius 1 is 1.15 bits per heavy atom. The number of aromatic amines is 1. The topological polar surface area (TPSA) is 94.2 Å². The number of H-pyrrole nitrogens is 1. The molecule has 0 spiro atoms. The second-order valence-electron chi connectivity index (χ2n) is 6.89. The summed E-state index contributed by atoms with van der Waals surface area (Å²) in [6.07, 6.45) is 3.66. The molecule has 3 amide bonds. The third-order valence-electron chi connectivity index (χ3n) is 5.27. The van der Waals surface area contributed by atoms with Crippen LogP contribution in [-0.2, 0) is 12.8 Å². The number of aromatic nitrogens is 3. The number of carbonyl (C=O) groups is 2. The van der Waals surface area contributed by atoms with Crippen LogP contribution in [0.15, 0.2) is 24.3 Å². The molecule has 2 heterocycles. The summed E-state index contributed by atoms with van der Waals surface area (Å²) in [7, 11) is 1.77. The van der Waals surface area contributed by atoms with Crippen molar-refractivity contribution in [2.75, 3.05) is 25.5 Å². The third kappa shape index (κ3) is 3.02. The van der Waals surface area contributed by atoms with Gasteiger partial charge in [0.1, 0.15) is 0 Å². The maximum atomic E-state index is 12.7. The Kier molecular flexibility index (Phi) is 4.32. The van der Waals surface area contributed by atoms with E-state index in [1.165, 1.54) is 11.1 Å². The van der Waals surface area contributed by atoms with Gasteiger partial charge in [0.25, 0.3) is 5.91 Å². The van der Waals surface area contributed by atoms with Crippen molar-refractivity contribution in [3.05, 3.63) is 41.1 Å². The lowest BCUT2D eigenvalue weighted by Crippen LogP contribution is -2.41. The Labute approximate surface area is 151 Å². The van der Waals surface area contributed by atoms with Gasteiger partial charge in [-0.05, 0) is 36.8 Å². The number of rotatable bonds is 3. The number of nitrogens with one attached hydrogen (secondary N) is 2. The molecule has 0 unspecified atom stereocenters. The molecule has 26 heavy (non-hydrogen) atoms. The first kappa shape index (κ1) is 16.6. The van der Waals surface area contributed by atoms with Crippen LogP contribution in [-0.4, -0.2) is 63.3 Å². The van der Waals surface area contributed by atoms with Gasteiger partial charge >= 0.3 is 6.03 Å². The Morgan fingerprint density at radius 2 is 1.81 bits per heavy atom. The van der Waals surface area contributed by atoms with E-state index in [1.54, 1.807) is 16.8 Å². The fourth-order valence-corrected chi connectivity index (χ4v) is 3.70. The van der Waals surface area contributed by atoms with E-state index in [0.717, 1.165) is 38.8 Å². The summed E-state index contributed by atoms with van der Waals surface area (Å²) in [4.78, 5) is 28.6. The largest absolute Gasteiger partial charge is 0.337 e. The molecule has 4 rings (SSSR count). The van der Waals surface area contributed by atoms with Gasteiger partial charge in [0.2, 0.25) is 0 Å². The summed E-state index contributed by atoms with van der Waals surface area (Å²) in [5, 5.41) is 13.1. The fraction of sp³-hybridized carbons (Fsp3) is 0.444. The monoisotopic (exact) mass is 354 g/mol. The van der Waals surface area contributed by atoms with Gasteiger partial charge in [-0.15, -0.1) is 10.2 Å². The number of benzene rings is 1. The number of anilines is 1. The molecule has 0 saturated carbocycles. The van der Waals surface area contributed by atoms with E-state index in [4.69, 9.17) is 0 Å². The molecule has 0 radical (unpaired) electrons. The summed E-state index contributed by atoms with van der Waals surface area (Å²) >= 11 is 0. The number of amides is 3. The van der Waals surface area contributed by atoms with Gasteiger partial charge in [-0.2, -0.15) is 5.21 Å². The average molecular weight is 354 g/mol. The standard InChI is InChI=1S/C18H22N6O2/c1-23(14-10-12-6-2-3-7-13(12)11-14)18(26)19-16-15(20-22-21-16)17(25)24-8-4-5-9-24/h2-3,6-7,14H,4-5,8-11H2,1H3,(H2,19,20,21,22,26). The zero-order chi connectivity index (χ0) is 18.1. The fourth-order valence-electron chi connectivity index (χ4n) is 3.70. The van der Waals surface area contributed by atoms with Crippen LogP contribution in [0.2, 0.25) is 0 Å². The number of urea groups is 1. The molecule has 8 heteroatoms. The molecule has 136 valence electrons. The van der Waals surface area contributed by atoms with E-state index < -0.39 is 0 Å². The predicted molar refractivity (Wildman–Crippen MR) is 95.9 cm³/mol. The molecule has 8 nitrogen and oxygen atoms in total. The van der Waals surface area contributed by atoms with Crippen molar-refractivity contribution in [3.8, 4) is 0 Å². The SMILES string of the molecule is CN(C(=O)Nc1n[nH]nc1C(=O)N1CCCC1)C1Cc2ccccc2C1. The first-order chi connectivity index (χ1) is 12.6. The smallest absolute Gasteiger partial charge is 0.323 e. The number of carbonyl (C=O) groups excluding carboxylic acids is 2. The van der Waals surface area contributed by atoms with Crippen molar-refractivity contribution < 1.29 is 9.59 Å². The number of hydrogen-bond acceptors (Lipinski definition) is 4. The number of likely N-dealkylation sites (N-methyl/N-ethyl adjacent to an activating group) is 1. The molecule has 2 N–H and O–H groups in total. The van der Waals surface area contributed by atoms with E-state index in [-0.39, 0.29) is 29.5 Å². The summed E-state index contributed by atoms with van der Waals surface area (Å²) in [6, 6.07) is 8.06. The van der Waals surface area contributed by atoms with Crippen molar-refractivity contribution in [2.45, 2.75) is 31.7 Å². The molecule has 1 saturated heterocycles. The van der Waals surface area contributed by atoms with Crippen LogP contribution in [0.25, 0.3) is 0 Å². The first-order valence-electron chi connectivity index (χ1n) is 8.94. The Bertz CT molecular complexity index is 802. The molecule has 1 aliphatic carbocycles. The summed E-state index contributed by atoms with van der Waals surface area (Å²) in [6.45, 7) is 1.44. The van der Waals surface area contributed by atoms with Gasteiger partial charge in [0, 0.05) is 26.2 Å². The van der Waals surface area contributed by atoms with Gasteiger partial charge in [-0.3, -0.25) is 10.1 Å². The summed E-state index contributed by atoms with van der Waals surface area (Å²) in [5.41, 5.74) is 2.73. The minimum Gasteiger partial charge on any atom is -0.337 e. The lowest BCUT2D eigenvalue weighted by atomic mass is 10.1. The van der Waals surface area contributed by atoms with E-state index in [0.29, 0.717) is 0 Å². The van der Waals surface area contributed by atoms with E-state index in [1.807, 2.05) is 12.1 Å². The van der Waals surface area contributed by atoms with Crippen LogP contribution in [0.1, 0.15) is 34.5 Å². The van der Waals surface area contributed by atoms with Crippen molar-refractivity contribution in [2.24, 2.45) is 0 Å². The molecular weight excluding hydrogens is 332 g/mol. The van der Waals surface area contributed by atoms with Crippen LogP contribution in [0.5, 0.6) is 0 Å². The maximum absolute atomic E-state index is 12.7. The molecule has 1 aromatic heterocycles. The van der Waals surface area contributed by atoms with Gasteiger partial charge in [0.15, 0.2) is 11.5 Å². The minimum atomic E-state index is -0.285. The number of fused-ring (bicyclic) bond motifs is 1. The number of nitrogens with zero attached hydrogens (tertiary/aromatic N) is 4. The Hall–Kier alpha value is -2.90. The zero-order valence-electron chi connectivity index (χ0n) is 14.7. The normalized spacial score (nSPS) is 16.6. The number of hydrogen-bond donors (Lipinski definition) is 2. The first-order valence-corrected chi connectivity index (χ1v) is 8.94. The highest BCUT2D eigenvalue weighted by molar-refractivity contribution is 6.00. The van der Waals surface area contributed by atoms with Crippen LogP contribution < -0.4 is 5.32 Å². The Morgan fingerprint density at radius 3 is 2.46 bits per heavy atom. The van der Waals surface area contributed by atoms with Crippen molar-refractivity contribution >= 4 is 17.8 Å². The quantitative estimate of drug-likeness (QED) is 0.877. The van der Waals surface area contributed by atoms with E-state index in [2.05, 4.69) is 32.9 Å². The second-order valence-corrected chi connectivity index (χ2v) is 6.89. The third-order valence-corrected chi connectivity index (χ3v) is 5.27. The average Bonchev–Trinajstić information content (AvgIpc) is 3.39. The van der Waals surface area contributed by atoms with Gasteiger partial charge in [0.05, 0.1) is 0 Å².